The van der Waals surface area contributed by atoms with Crippen molar-refractivity contribution < 1.29 is 9.30 Å². The average Bonchev–Trinajstić information content (AvgIpc) is 2.44. The second kappa shape index (κ2) is 7.12. The Bertz CT molecular complexity index is 458. The molecule has 2 rings (SSSR count). The van der Waals surface area contributed by atoms with Crippen molar-refractivity contribution in [3.05, 3.63) is 30.1 Å². The molecule has 1 aliphatic carbocycles. The Labute approximate surface area is 136 Å². The Kier molecular flexibility index (Phi) is 5.65. The molecule has 0 aliphatic heterocycles. The van der Waals surface area contributed by atoms with Crippen LogP contribution in [0.1, 0.15) is 66.4 Å². The standard InChI is InChI=1S/C20H34NO/c1-15(2)18-8-7-16(3)13-19(18)22-14-21-11-9-17(10-12-21)20(4,5)6/h9-12,15-16,18-19H,7-8,13-14H2,1-6H3/q+1/t16-,18+,19-/m1/s1. The van der Waals surface area contributed by atoms with Crippen LogP contribution in [0.2, 0.25) is 0 Å². The molecule has 22 heavy (non-hydrogen) atoms. The minimum atomic E-state index is 0.210. The Balaban J connectivity index is 1.96. The van der Waals surface area contributed by atoms with E-state index in [9.17, 15) is 0 Å². The molecule has 1 aliphatic rings. The van der Waals surface area contributed by atoms with Crippen LogP contribution in [0, 0.1) is 17.8 Å². The van der Waals surface area contributed by atoms with Crippen molar-refractivity contribution in [3.8, 4) is 0 Å². The fraction of sp³-hybridized carbons (Fsp3) is 0.750. The van der Waals surface area contributed by atoms with E-state index < -0.39 is 0 Å². The first-order valence-corrected chi connectivity index (χ1v) is 8.88. The van der Waals surface area contributed by atoms with E-state index in [0.29, 0.717) is 24.7 Å². The quantitative estimate of drug-likeness (QED) is 0.734. The maximum atomic E-state index is 6.30. The monoisotopic (exact) mass is 304 g/mol. The Morgan fingerprint density at radius 1 is 1.18 bits per heavy atom. The summed E-state index contributed by atoms with van der Waals surface area (Å²) in [6, 6.07) is 4.43. The lowest BCUT2D eigenvalue weighted by atomic mass is 9.75. The SMILES string of the molecule is CC(C)[C@@H]1CC[C@@H](C)C[C@H]1OC[n+]1ccc(C(C)(C)C)cc1. The van der Waals surface area contributed by atoms with Crippen LogP contribution in [0.25, 0.3) is 0 Å². The van der Waals surface area contributed by atoms with Crippen LogP contribution in [-0.4, -0.2) is 6.10 Å². The summed E-state index contributed by atoms with van der Waals surface area (Å²) in [5, 5.41) is 0. The lowest BCUT2D eigenvalue weighted by Gasteiger charge is -2.36. The first-order valence-electron chi connectivity index (χ1n) is 8.88. The number of pyridine rings is 1. The van der Waals surface area contributed by atoms with Crippen molar-refractivity contribution >= 4 is 0 Å². The maximum absolute atomic E-state index is 6.30. The lowest BCUT2D eigenvalue weighted by molar-refractivity contribution is -0.735. The van der Waals surface area contributed by atoms with Crippen LogP contribution >= 0.6 is 0 Å². The van der Waals surface area contributed by atoms with Crippen LogP contribution in [0.4, 0.5) is 0 Å². The molecule has 0 N–H and O–H groups in total. The van der Waals surface area contributed by atoms with E-state index in [1.807, 2.05) is 0 Å². The third-order valence-corrected chi connectivity index (χ3v) is 5.16. The summed E-state index contributed by atoms with van der Waals surface area (Å²) in [7, 11) is 0. The first-order chi connectivity index (χ1) is 10.3. The molecule has 0 radical (unpaired) electrons. The zero-order valence-electron chi connectivity index (χ0n) is 15.3. The van der Waals surface area contributed by atoms with Crippen LogP contribution in [0.15, 0.2) is 24.5 Å². The number of ether oxygens (including phenoxy) is 1. The minimum absolute atomic E-state index is 0.210. The first kappa shape index (κ1) is 17.5. The van der Waals surface area contributed by atoms with Gasteiger partial charge < -0.3 is 4.74 Å². The topological polar surface area (TPSA) is 13.1 Å². The van der Waals surface area contributed by atoms with Gasteiger partial charge in [-0.2, -0.15) is 4.57 Å². The van der Waals surface area contributed by atoms with E-state index in [0.717, 1.165) is 5.92 Å². The summed E-state index contributed by atoms with van der Waals surface area (Å²) in [5.41, 5.74) is 1.58. The summed E-state index contributed by atoms with van der Waals surface area (Å²) < 4.78 is 8.46. The summed E-state index contributed by atoms with van der Waals surface area (Å²) in [6.07, 6.45) is 8.60. The average molecular weight is 304 g/mol. The molecule has 0 bridgehead atoms. The molecule has 0 saturated heterocycles. The maximum Gasteiger partial charge on any atom is 0.252 e. The van der Waals surface area contributed by atoms with Gasteiger partial charge in [0.1, 0.15) is 0 Å². The van der Waals surface area contributed by atoms with Crippen molar-refractivity contribution in [2.45, 2.75) is 79.1 Å². The van der Waals surface area contributed by atoms with Gasteiger partial charge >= 0.3 is 0 Å². The summed E-state index contributed by atoms with van der Waals surface area (Å²) in [4.78, 5) is 0. The highest BCUT2D eigenvalue weighted by Gasteiger charge is 2.32. The number of rotatable bonds is 4. The molecule has 1 saturated carbocycles. The molecular weight excluding hydrogens is 270 g/mol. The Morgan fingerprint density at radius 3 is 2.36 bits per heavy atom. The molecule has 0 unspecified atom stereocenters. The second-order valence-corrected chi connectivity index (χ2v) is 8.51. The largest absolute Gasteiger partial charge is 0.320 e. The van der Waals surface area contributed by atoms with E-state index in [4.69, 9.17) is 4.74 Å². The fourth-order valence-electron chi connectivity index (χ4n) is 3.53. The van der Waals surface area contributed by atoms with Gasteiger partial charge in [0, 0.05) is 12.1 Å². The smallest absolute Gasteiger partial charge is 0.252 e. The van der Waals surface area contributed by atoms with Gasteiger partial charge in [-0.15, -0.1) is 0 Å². The molecular formula is C20H34NO+. The normalized spacial score (nSPS) is 26.4. The van der Waals surface area contributed by atoms with Gasteiger partial charge in [-0.25, -0.2) is 0 Å². The molecule has 1 heterocycles. The number of hydrogen-bond donors (Lipinski definition) is 0. The summed E-state index contributed by atoms with van der Waals surface area (Å²) in [6.45, 7) is 14.5. The molecule has 2 nitrogen and oxygen atoms in total. The van der Waals surface area contributed by atoms with E-state index in [1.54, 1.807) is 0 Å². The predicted octanol–water partition coefficient (Wildman–Crippen LogP) is 4.71. The van der Waals surface area contributed by atoms with Crippen LogP contribution in [-0.2, 0) is 16.9 Å². The van der Waals surface area contributed by atoms with Gasteiger partial charge in [-0.3, -0.25) is 0 Å². The predicted molar refractivity (Wildman–Crippen MR) is 91.6 cm³/mol. The number of nitrogens with zero attached hydrogens (tertiary/aromatic N) is 1. The molecule has 0 spiro atoms. The van der Waals surface area contributed by atoms with Crippen LogP contribution in [0.3, 0.4) is 0 Å². The van der Waals surface area contributed by atoms with Gasteiger partial charge in [0.25, 0.3) is 6.73 Å². The highest BCUT2D eigenvalue weighted by Crippen LogP contribution is 2.35. The van der Waals surface area contributed by atoms with Gasteiger partial charge in [-0.1, -0.05) is 48.0 Å². The highest BCUT2D eigenvalue weighted by molar-refractivity contribution is 5.17. The van der Waals surface area contributed by atoms with Gasteiger partial charge in [0.2, 0.25) is 0 Å². The molecule has 1 aromatic rings. The van der Waals surface area contributed by atoms with Crippen molar-refractivity contribution in [1.82, 2.24) is 0 Å². The molecule has 1 fully saturated rings. The van der Waals surface area contributed by atoms with Crippen molar-refractivity contribution in [1.29, 1.82) is 0 Å². The van der Waals surface area contributed by atoms with E-state index in [1.165, 1.54) is 24.8 Å². The van der Waals surface area contributed by atoms with E-state index >= 15 is 0 Å². The molecule has 1 aromatic heterocycles. The fourth-order valence-corrected chi connectivity index (χ4v) is 3.53. The van der Waals surface area contributed by atoms with Crippen LogP contribution < -0.4 is 4.57 Å². The zero-order chi connectivity index (χ0) is 16.3. The third kappa shape index (κ3) is 4.55. The van der Waals surface area contributed by atoms with Crippen LogP contribution in [0.5, 0.6) is 0 Å². The molecule has 124 valence electrons. The van der Waals surface area contributed by atoms with E-state index in [-0.39, 0.29) is 5.41 Å². The second-order valence-electron chi connectivity index (χ2n) is 8.51. The molecule has 3 atom stereocenters. The summed E-state index contributed by atoms with van der Waals surface area (Å²) >= 11 is 0. The third-order valence-electron chi connectivity index (χ3n) is 5.16. The Hall–Kier alpha value is -0.890. The van der Waals surface area contributed by atoms with Gasteiger partial charge in [0.15, 0.2) is 12.4 Å². The lowest BCUT2D eigenvalue weighted by Crippen LogP contribution is -2.41. The Morgan fingerprint density at radius 2 is 1.82 bits per heavy atom. The molecule has 0 aromatic carbocycles. The van der Waals surface area contributed by atoms with Crippen molar-refractivity contribution in [2.24, 2.45) is 17.8 Å². The number of hydrogen-bond acceptors (Lipinski definition) is 1. The number of aromatic nitrogens is 1. The summed E-state index contributed by atoms with van der Waals surface area (Å²) in [5.74, 6) is 2.23. The minimum Gasteiger partial charge on any atom is -0.320 e. The van der Waals surface area contributed by atoms with Gasteiger partial charge in [-0.05, 0) is 41.6 Å². The van der Waals surface area contributed by atoms with E-state index in [2.05, 4.69) is 70.6 Å². The highest BCUT2D eigenvalue weighted by atomic mass is 16.5. The van der Waals surface area contributed by atoms with Crippen molar-refractivity contribution in [3.63, 3.8) is 0 Å². The zero-order valence-corrected chi connectivity index (χ0v) is 15.3. The van der Waals surface area contributed by atoms with Crippen molar-refractivity contribution in [2.75, 3.05) is 0 Å². The van der Waals surface area contributed by atoms with Gasteiger partial charge in [0.05, 0.1) is 6.10 Å². The molecule has 2 heteroatoms. The molecule has 0 amide bonds.